The Bertz CT molecular complexity index is 1280. The Balaban J connectivity index is 2.03. The van der Waals surface area contributed by atoms with Gasteiger partial charge in [-0.15, -0.1) is 0 Å². The maximum absolute atomic E-state index is 13.6. The third kappa shape index (κ3) is 6.21. The van der Waals surface area contributed by atoms with Crippen LogP contribution < -0.4 is 9.62 Å². The minimum absolute atomic E-state index is 0.0251. The number of hydrogen-bond donors (Lipinski definition) is 1. The molecule has 0 unspecified atom stereocenters. The fourth-order valence-electron chi connectivity index (χ4n) is 3.57. The number of para-hydroxylation sites is 1. The Morgan fingerprint density at radius 2 is 1.54 bits per heavy atom. The number of benzene rings is 3. The highest BCUT2D eigenvalue weighted by Gasteiger charge is 2.33. The van der Waals surface area contributed by atoms with Gasteiger partial charge in [0.2, 0.25) is 11.8 Å². The highest BCUT2D eigenvalue weighted by atomic mass is 35.5. The van der Waals surface area contributed by atoms with Crippen LogP contribution in [0.15, 0.2) is 83.8 Å². The lowest BCUT2D eigenvalue weighted by Gasteiger charge is -2.32. The van der Waals surface area contributed by atoms with E-state index in [1.807, 2.05) is 31.2 Å². The Hall–Kier alpha value is -3.36. The van der Waals surface area contributed by atoms with Crippen LogP contribution in [0.1, 0.15) is 18.1 Å². The molecule has 184 valence electrons. The normalized spacial score (nSPS) is 12.0. The van der Waals surface area contributed by atoms with Gasteiger partial charge in [-0.2, -0.15) is 0 Å². The van der Waals surface area contributed by atoms with Crippen molar-refractivity contribution in [2.45, 2.75) is 31.3 Å². The smallest absolute Gasteiger partial charge is 0.264 e. The lowest BCUT2D eigenvalue weighted by Crippen LogP contribution is -2.50. The van der Waals surface area contributed by atoms with E-state index in [4.69, 9.17) is 11.6 Å². The SMILES string of the molecule is CNC(=O)[C@H](C)N(Cc1ccc(C)cc1)C(=O)CN(c1ccccc1Cl)S(=O)(=O)c1ccccc1. The Morgan fingerprint density at radius 3 is 2.14 bits per heavy atom. The van der Waals surface area contributed by atoms with Gasteiger partial charge in [0.05, 0.1) is 15.6 Å². The topological polar surface area (TPSA) is 86.8 Å². The van der Waals surface area contributed by atoms with E-state index in [0.717, 1.165) is 15.4 Å². The average molecular weight is 514 g/mol. The number of nitrogens with one attached hydrogen (secondary N) is 1. The third-order valence-electron chi connectivity index (χ3n) is 5.62. The summed E-state index contributed by atoms with van der Waals surface area (Å²) in [7, 11) is -2.64. The van der Waals surface area contributed by atoms with Crippen LogP contribution >= 0.6 is 11.6 Å². The maximum atomic E-state index is 13.6. The molecule has 0 saturated carbocycles. The minimum Gasteiger partial charge on any atom is -0.357 e. The molecule has 0 fully saturated rings. The van der Waals surface area contributed by atoms with Crippen LogP contribution in [-0.2, 0) is 26.2 Å². The molecule has 3 aromatic rings. The number of likely N-dealkylation sites (N-methyl/N-ethyl adjacent to an activating group) is 1. The van der Waals surface area contributed by atoms with Gasteiger partial charge in [0, 0.05) is 13.6 Å². The molecule has 0 aliphatic heterocycles. The number of carbonyl (C=O) groups is 2. The summed E-state index contributed by atoms with van der Waals surface area (Å²) in [4.78, 5) is 27.5. The minimum atomic E-state index is -4.13. The van der Waals surface area contributed by atoms with Gasteiger partial charge < -0.3 is 10.2 Å². The van der Waals surface area contributed by atoms with Gasteiger partial charge in [-0.1, -0.05) is 71.8 Å². The number of rotatable bonds is 9. The van der Waals surface area contributed by atoms with E-state index in [-0.39, 0.29) is 28.1 Å². The van der Waals surface area contributed by atoms with E-state index >= 15 is 0 Å². The molecular formula is C26H28ClN3O4S. The molecular weight excluding hydrogens is 486 g/mol. The summed E-state index contributed by atoms with van der Waals surface area (Å²) in [5.74, 6) is -0.901. The van der Waals surface area contributed by atoms with Gasteiger partial charge in [0.25, 0.3) is 10.0 Å². The number of halogens is 1. The van der Waals surface area contributed by atoms with E-state index in [1.165, 1.54) is 24.1 Å². The Kier molecular flexibility index (Phi) is 8.53. The lowest BCUT2D eigenvalue weighted by atomic mass is 10.1. The molecule has 7 nitrogen and oxygen atoms in total. The van der Waals surface area contributed by atoms with Crippen LogP contribution in [-0.4, -0.2) is 44.8 Å². The van der Waals surface area contributed by atoms with Gasteiger partial charge in [-0.05, 0) is 43.7 Å². The van der Waals surface area contributed by atoms with Crippen LogP contribution in [0.3, 0.4) is 0 Å². The zero-order chi connectivity index (χ0) is 25.6. The monoisotopic (exact) mass is 513 g/mol. The summed E-state index contributed by atoms with van der Waals surface area (Å²) in [5, 5.41) is 2.74. The first-order valence-electron chi connectivity index (χ1n) is 11.0. The van der Waals surface area contributed by atoms with Crippen LogP contribution in [0, 0.1) is 6.92 Å². The number of carbonyl (C=O) groups excluding carboxylic acids is 2. The van der Waals surface area contributed by atoms with Crippen molar-refractivity contribution in [3.05, 3.63) is 95.0 Å². The second-order valence-electron chi connectivity index (χ2n) is 8.07. The number of aryl methyl sites for hydroxylation is 1. The van der Waals surface area contributed by atoms with Gasteiger partial charge in [0.15, 0.2) is 0 Å². The molecule has 0 radical (unpaired) electrons. The summed E-state index contributed by atoms with van der Waals surface area (Å²) < 4.78 is 28.2. The van der Waals surface area contributed by atoms with Crippen molar-refractivity contribution >= 4 is 39.1 Å². The lowest BCUT2D eigenvalue weighted by molar-refractivity contribution is -0.139. The molecule has 0 bridgehead atoms. The first kappa shape index (κ1) is 26.2. The number of amides is 2. The number of nitrogens with zero attached hydrogens (tertiary/aromatic N) is 2. The van der Waals surface area contributed by atoms with Crippen molar-refractivity contribution in [2.24, 2.45) is 0 Å². The summed E-state index contributed by atoms with van der Waals surface area (Å²) in [5.41, 5.74) is 2.05. The van der Waals surface area contributed by atoms with E-state index in [2.05, 4.69) is 5.32 Å². The standard InChI is InChI=1S/C26H28ClN3O4S/c1-19-13-15-21(16-14-19)17-29(20(2)26(32)28-3)25(31)18-30(24-12-8-7-11-23(24)27)35(33,34)22-9-5-4-6-10-22/h4-16,20H,17-18H2,1-3H3,(H,28,32)/t20-/m0/s1. The van der Waals surface area contributed by atoms with Crippen molar-refractivity contribution in [1.82, 2.24) is 10.2 Å². The molecule has 1 atom stereocenters. The second kappa shape index (κ2) is 11.4. The van der Waals surface area contributed by atoms with Gasteiger partial charge >= 0.3 is 0 Å². The van der Waals surface area contributed by atoms with E-state index in [0.29, 0.717) is 0 Å². The molecule has 2 amide bonds. The molecule has 0 aliphatic rings. The molecule has 0 saturated heterocycles. The van der Waals surface area contributed by atoms with Gasteiger partial charge in [-0.25, -0.2) is 8.42 Å². The molecule has 0 aliphatic carbocycles. The maximum Gasteiger partial charge on any atom is 0.264 e. The van der Waals surface area contributed by atoms with Crippen LogP contribution in [0.2, 0.25) is 5.02 Å². The summed E-state index contributed by atoms with van der Waals surface area (Å²) in [6.45, 7) is 3.16. The van der Waals surface area contributed by atoms with Crippen molar-refractivity contribution in [1.29, 1.82) is 0 Å². The van der Waals surface area contributed by atoms with Gasteiger partial charge in [-0.3, -0.25) is 13.9 Å². The zero-order valence-corrected chi connectivity index (χ0v) is 21.4. The molecule has 0 spiro atoms. The van der Waals surface area contributed by atoms with E-state index < -0.39 is 28.5 Å². The Morgan fingerprint density at radius 1 is 0.943 bits per heavy atom. The average Bonchev–Trinajstić information content (AvgIpc) is 2.86. The number of anilines is 1. The third-order valence-corrected chi connectivity index (χ3v) is 7.71. The van der Waals surface area contributed by atoms with Crippen molar-refractivity contribution in [3.8, 4) is 0 Å². The zero-order valence-electron chi connectivity index (χ0n) is 19.8. The van der Waals surface area contributed by atoms with E-state index in [1.54, 1.807) is 49.4 Å². The molecule has 35 heavy (non-hydrogen) atoms. The fourth-order valence-corrected chi connectivity index (χ4v) is 5.31. The van der Waals surface area contributed by atoms with Gasteiger partial charge in [0.1, 0.15) is 12.6 Å². The Labute approximate surface area is 211 Å². The molecule has 3 rings (SSSR count). The summed E-state index contributed by atoms with van der Waals surface area (Å²) in [6, 6.07) is 21.0. The predicted molar refractivity (Wildman–Crippen MR) is 138 cm³/mol. The number of sulfonamides is 1. The molecule has 1 N–H and O–H groups in total. The predicted octanol–water partition coefficient (Wildman–Crippen LogP) is 4.01. The van der Waals surface area contributed by atoms with Crippen LogP contribution in [0.25, 0.3) is 0 Å². The number of hydrogen-bond acceptors (Lipinski definition) is 4. The first-order valence-corrected chi connectivity index (χ1v) is 12.9. The van der Waals surface area contributed by atoms with Crippen LogP contribution in [0.4, 0.5) is 5.69 Å². The molecule has 9 heteroatoms. The highest BCUT2D eigenvalue weighted by molar-refractivity contribution is 7.92. The largest absolute Gasteiger partial charge is 0.357 e. The van der Waals surface area contributed by atoms with E-state index in [9.17, 15) is 18.0 Å². The molecule has 0 heterocycles. The molecule has 0 aromatic heterocycles. The van der Waals surface area contributed by atoms with Crippen molar-refractivity contribution < 1.29 is 18.0 Å². The summed E-state index contributed by atoms with van der Waals surface area (Å²) >= 11 is 6.36. The molecule has 3 aromatic carbocycles. The van der Waals surface area contributed by atoms with Crippen LogP contribution in [0.5, 0.6) is 0 Å². The quantitative estimate of drug-likeness (QED) is 0.468. The fraction of sp³-hybridized carbons (Fsp3) is 0.231. The first-order chi connectivity index (χ1) is 16.6. The van der Waals surface area contributed by atoms with Crippen molar-refractivity contribution in [3.63, 3.8) is 0 Å². The summed E-state index contributed by atoms with van der Waals surface area (Å²) in [6.07, 6.45) is 0. The second-order valence-corrected chi connectivity index (χ2v) is 10.3. The van der Waals surface area contributed by atoms with Crippen molar-refractivity contribution in [2.75, 3.05) is 17.9 Å². The highest BCUT2D eigenvalue weighted by Crippen LogP contribution is 2.30.